The first kappa shape index (κ1) is 29.6. The lowest BCUT2D eigenvalue weighted by Crippen LogP contribution is -2.46. The minimum absolute atomic E-state index is 0.0351. The van der Waals surface area contributed by atoms with Crippen LogP contribution in [0.4, 0.5) is 4.79 Å². The summed E-state index contributed by atoms with van der Waals surface area (Å²) in [6.45, 7) is 5.59. The molecular formula is C32H35NO8. The molecule has 1 unspecified atom stereocenters. The molecule has 1 aliphatic rings. The molecule has 41 heavy (non-hydrogen) atoms. The molecule has 216 valence electrons. The molecule has 3 aromatic carbocycles. The zero-order chi connectivity index (χ0) is 29.4. The zero-order valence-electron chi connectivity index (χ0n) is 23.4. The number of carbonyl (C=O) groups excluding carboxylic acids is 2. The van der Waals surface area contributed by atoms with E-state index in [2.05, 4.69) is 17.4 Å². The van der Waals surface area contributed by atoms with E-state index in [0.29, 0.717) is 11.3 Å². The molecule has 9 nitrogen and oxygen atoms in total. The van der Waals surface area contributed by atoms with E-state index in [-0.39, 0.29) is 38.8 Å². The molecule has 0 saturated heterocycles. The van der Waals surface area contributed by atoms with Gasteiger partial charge in [0.2, 0.25) is 0 Å². The lowest BCUT2D eigenvalue weighted by atomic mass is 9.98. The second-order valence-electron chi connectivity index (χ2n) is 10.7. The van der Waals surface area contributed by atoms with Crippen LogP contribution in [0.1, 0.15) is 49.8 Å². The minimum Gasteiger partial charge on any atom is -0.493 e. The van der Waals surface area contributed by atoms with Gasteiger partial charge in [-0.15, -0.1) is 0 Å². The van der Waals surface area contributed by atoms with Crippen molar-refractivity contribution in [3.63, 3.8) is 0 Å². The summed E-state index contributed by atoms with van der Waals surface area (Å²) in [6, 6.07) is 21.8. The zero-order valence-corrected chi connectivity index (χ0v) is 23.4. The summed E-state index contributed by atoms with van der Waals surface area (Å²) in [6.07, 6.45) is -0.845. The Morgan fingerprint density at radius 3 is 2.07 bits per heavy atom. The molecule has 0 aliphatic heterocycles. The van der Waals surface area contributed by atoms with Crippen LogP contribution in [-0.2, 0) is 30.4 Å². The topological polar surface area (TPSA) is 120 Å². The van der Waals surface area contributed by atoms with Gasteiger partial charge in [-0.05, 0) is 60.7 Å². The van der Waals surface area contributed by atoms with Crippen LogP contribution in [0.5, 0.6) is 5.75 Å². The smallest absolute Gasteiger partial charge is 0.407 e. The maximum absolute atomic E-state index is 13.0. The summed E-state index contributed by atoms with van der Waals surface area (Å²) in [5.74, 6) is -1.20. The number of fused-ring (bicyclic) bond motifs is 3. The fourth-order valence-electron chi connectivity index (χ4n) is 4.48. The van der Waals surface area contributed by atoms with Crippen LogP contribution in [0.15, 0.2) is 72.8 Å². The van der Waals surface area contributed by atoms with Crippen LogP contribution in [-0.4, -0.2) is 54.6 Å². The van der Waals surface area contributed by atoms with Crippen molar-refractivity contribution in [2.24, 2.45) is 0 Å². The van der Waals surface area contributed by atoms with Gasteiger partial charge in [0.1, 0.15) is 19.0 Å². The molecule has 1 aliphatic carbocycles. The number of carboxylic acids is 1. The van der Waals surface area contributed by atoms with Crippen LogP contribution in [0, 0.1) is 0 Å². The molecule has 0 radical (unpaired) electrons. The number of hydrogen-bond acceptors (Lipinski definition) is 7. The van der Waals surface area contributed by atoms with Crippen molar-refractivity contribution < 1.29 is 38.4 Å². The molecule has 3 aromatic rings. The standard InChI is InChI=1S/C32H35NO8/c1-32(2,3)41-20-28(30(36)39-18-21-12-14-22(15-13-21)38-17-16-29(34)35)33-31(37)40-19-27-25-10-6-4-8-23(25)24-9-5-7-11-26(24)27/h4-15,27-28H,16-20H2,1-3H3,(H,33,37)(H,34,35). The maximum Gasteiger partial charge on any atom is 0.407 e. The molecule has 0 fully saturated rings. The van der Waals surface area contributed by atoms with Crippen molar-refractivity contribution in [2.75, 3.05) is 19.8 Å². The van der Waals surface area contributed by atoms with Crippen LogP contribution < -0.4 is 10.1 Å². The maximum atomic E-state index is 13.0. The van der Waals surface area contributed by atoms with Crippen LogP contribution in [0.2, 0.25) is 0 Å². The monoisotopic (exact) mass is 561 g/mol. The van der Waals surface area contributed by atoms with Crippen molar-refractivity contribution in [3.8, 4) is 16.9 Å². The molecule has 0 heterocycles. The number of ether oxygens (including phenoxy) is 4. The van der Waals surface area contributed by atoms with Crippen molar-refractivity contribution in [1.82, 2.24) is 5.32 Å². The average Bonchev–Trinajstić information content (AvgIpc) is 3.26. The van der Waals surface area contributed by atoms with Gasteiger partial charge in [-0.25, -0.2) is 9.59 Å². The van der Waals surface area contributed by atoms with Gasteiger partial charge in [0.15, 0.2) is 6.04 Å². The van der Waals surface area contributed by atoms with Gasteiger partial charge in [0.05, 0.1) is 25.2 Å². The highest BCUT2D eigenvalue weighted by Crippen LogP contribution is 2.44. The van der Waals surface area contributed by atoms with E-state index in [9.17, 15) is 14.4 Å². The van der Waals surface area contributed by atoms with E-state index >= 15 is 0 Å². The largest absolute Gasteiger partial charge is 0.493 e. The number of rotatable bonds is 12. The van der Waals surface area contributed by atoms with Gasteiger partial charge < -0.3 is 29.4 Å². The number of esters is 1. The predicted octanol–water partition coefficient (Wildman–Crippen LogP) is 5.31. The number of carboxylic acid groups (broad SMARTS) is 1. The van der Waals surface area contributed by atoms with Gasteiger partial charge in [-0.2, -0.15) is 0 Å². The number of aliphatic carboxylic acids is 1. The Hall–Kier alpha value is -4.37. The Bertz CT molecular complexity index is 1320. The minimum atomic E-state index is -1.08. The highest BCUT2D eigenvalue weighted by atomic mass is 16.6. The number of benzene rings is 3. The van der Waals surface area contributed by atoms with Gasteiger partial charge >= 0.3 is 18.0 Å². The summed E-state index contributed by atoms with van der Waals surface area (Å²) < 4.78 is 22.2. The number of nitrogens with one attached hydrogen (secondary N) is 1. The van der Waals surface area contributed by atoms with E-state index in [4.69, 9.17) is 24.1 Å². The third-order valence-electron chi connectivity index (χ3n) is 6.49. The van der Waals surface area contributed by atoms with E-state index in [1.54, 1.807) is 24.3 Å². The lowest BCUT2D eigenvalue weighted by Gasteiger charge is -2.24. The highest BCUT2D eigenvalue weighted by Gasteiger charge is 2.30. The van der Waals surface area contributed by atoms with E-state index in [1.165, 1.54) is 0 Å². The number of hydrogen-bond donors (Lipinski definition) is 2. The summed E-state index contributed by atoms with van der Waals surface area (Å²) in [4.78, 5) is 36.5. The Morgan fingerprint density at radius 1 is 0.878 bits per heavy atom. The molecule has 9 heteroatoms. The second-order valence-corrected chi connectivity index (χ2v) is 10.7. The van der Waals surface area contributed by atoms with Gasteiger partial charge in [-0.3, -0.25) is 4.79 Å². The molecule has 1 amide bonds. The summed E-state index contributed by atoms with van der Waals surface area (Å²) in [5.41, 5.74) is 4.57. The van der Waals surface area contributed by atoms with E-state index in [1.807, 2.05) is 57.2 Å². The Kier molecular flexibility index (Phi) is 9.62. The normalized spacial score (nSPS) is 13.0. The fourth-order valence-corrected chi connectivity index (χ4v) is 4.48. The fraction of sp³-hybridized carbons (Fsp3) is 0.344. The van der Waals surface area contributed by atoms with Crippen molar-refractivity contribution >= 4 is 18.0 Å². The van der Waals surface area contributed by atoms with Crippen molar-refractivity contribution in [2.45, 2.75) is 51.4 Å². The Morgan fingerprint density at radius 2 is 1.49 bits per heavy atom. The molecular weight excluding hydrogens is 526 g/mol. The van der Waals surface area contributed by atoms with Gasteiger partial charge in [0.25, 0.3) is 0 Å². The first-order valence-electron chi connectivity index (χ1n) is 13.5. The third kappa shape index (κ3) is 8.31. The van der Waals surface area contributed by atoms with Crippen LogP contribution in [0.25, 0.3) is 11.1 Å². The Balaban J connectivity index is 1.34. The second kappa shape index (κ2) is 13.3. The molecule has 1 atom stereocenters. The number of alkyl carbamates (subject to hydrolysis) is 1. The van der Waals surface area contributed by atoms with Gasteiger partial charge in [0, 0.05) is 5.92 Å². The highest BCUT2D eigenvalue weighted by molar-refractivity contribution is 5.82. The summed E-state index contributed by atoms with van der Waals surface area (Å²) >= 11 is 0. The number of carbonyl (C=O) groups is 3. The van der Waals surface area contributed by atoms with E-state index < -0.39 is 29.7 Å². The molecule has 0 saturated carbocycles. The Labute approximate surface area is 239 Å². The SMILES string of the molecule is CC(C)(C)OCC(NC(=O)OCC1c2ccccc2-c2ccccc21)C(=O)OCc1ccc(OCCC(=O)O)cc1. The molecule has 4 rings (SSSR count). The van der Waals surface area contributed by atoms with Crippen molar-refractivity contribution in [1.29, 1.82) is 0 Å². The first-order valence-corrected chi connectivity index (χ1v) is 13.5. The van der Waals surface area contributed by atoms with Crippen LogP contribution >= 0.6 is 0 Å². The average molecular weight is 562 g/mol. The first-order chi connectivity index (χ1) is 19.6. The van der Waals surface area contributed by atoms with Crippen LogP contribution in [0.3, 0.4) is 0 Å². The summed E-state index contributed by atoms with van der Waals surface area (Å²) in [5, 5.41) is 11.3. The van der Waals surface area contributed by atoms with Gasteiger partial charge in [-0.1, -0.05) is 60.7 Å². The molecule has 0 aromatic heterocycles. The predicted molar refractivity (Wildman–Crippen MR) is 152 cm³/mol. The summed E-state index contributed by atoms with van der Waals surface area (Å²) in [7, 11) is 0. The molecule has 0 spiro atoms. The number of amides is 1. The van der Waals surface area contributed by atoms with Crippen molar-refractivity contribution in [3.05, 3.63) is 89.5 Å². The van der Waals surface area contributed by atoms with E-state index in [0.717, 1.165) is 22.3 Å². The molecule has 2 N–H and O–H groups in total. The molecule has 0 bridgehead atoms. The third-order valence-corrected chi connectivity index (χ3v) is 6.49. The lowest BCUT2D eigenvalue weighted by molar-refractivity contribution is -0.150. The quantitative estimate of drug-likeness (QED) is 0.286.